The fourth-order valence-electron chi connectivity index (χ4n) is 1.05. The van der Waals surface area contributed by atoms with Gasteiger partial charge >= 0.3 is 5.97 Å². The van der Waals surface area contributed by atoms with Crippen molar-refractivity contribution in [3.63, 3.8) is 0 Å². The van der Waals surface area contributed by atoms with Gasteiger partial charge in [-0.2, -0.15) is 0 Å². The molecule has 0 aliphatic heterocycles. The molecule has 0 aromatic carbocycles. The van der Waals surface area contributed by atoms with E-state index in [1.54, 1.807) is 6.92 Å². The van der Waals surface area contributed by atoms with Gasteiger partial charge in [0.15, 0.2) is 0 Å². The second-order valence-electron chi connectivity index (χ2n) is 3.23. The van der Waals surface area contributed by atoms with Crippen LogP contribution in [0.1, 0.15) is 33.6 Å². The van der Waals surface area contributed by atoms with Gasteiger partial charge in [-0.05, 0) is 6.92 Å². The number of aromatic nitrogens is 1. The van der Waals surface area contributed by atoms with E-state index in [1.807, 2.05) is 0 Å². The third-order valence-electron chi connectivity index (χ3n) is 1.84. The Hall–Kier alpha value is -1.96. The molecule has 0 fully saturated rings. The van der Waals surface area contributed by atoms with Gasteiger partial charge in [0.2, 0.25) is 10.9 Å². The fraction of sp³-hybridized carbons (Fsp3) is 0.400. The molecule has 8 heteroatoms. The molecule has 2 amide bonds. The van der Waals surface area contributed by atoms with E-state index in [4.69, 9.17) is 10.5 Å². The van der Waals surface area contributed by atoms with Crippen molar-refractivity contribution in [2.45, 2.75) is 13.3 Å². The number of rotatable bonds is 6. The molecule has 7 nitrogen and oxygen atoms in total. The highest BCUT2D eigenvalue weighted by molar-refractivity contribution is 7.11. The van der Waals surface area contributed by atoms with Crippen molar-refractivity contribution in [2.75, 3.05) is 13.2 Å². The topological polar surface area (TPSA) is 111 Å². The van der Waals surface area contributed by atoms with Crippen LogP contribution in [-0.4, -0.2) is 35.9 Å². The number of primary amides is 1. The lowest BCUT2D eigenvalue weighted by Crippen LogP contribution is -2.28. The molecule has 0 radical (unpaired) electrons. The predicted octanol–water partition coefficient (Wildman–Crippen LogP) is -0.0750. The quantitative estimate of drug-likeness (QED) is 0.703. The van der Waals surface area contributed by atoms with E-state index in [-0.39, 0.29) is 30.3 Å². The second-order valence-corrected chi connectivity index (χ2v) is 4.09. The first-order chi connectivity index (χ1) is 8.54. The van der Waals surface area contributed by atoms with Crippen LogP contribution >= 0.6 is 11.3 Å². The van der Waals surface area contributed by atoms with Crippen LogP contribution in [0.4, 0.5) is 0 Å². The monoisotopic (exact) mass is 271 g/mol. The molecule has 0 atom stereocenters. The first-order valence-electron chi connectivity index (χ1n) is 5.23. The number of ether oxygens (including phenoxy) is 1. The van der Waals surface area contributed by atoms with Gasteiger partial charge < -0.3 is 15.8 Å². The Kier molecular flexibility index (Phi) is 5.25. The average Bonchev–Trinajstić information content (AvgIpc) is 2.78. The summed E-state index contributed by atoms with van der Waals surface area (Å²) in [6.45, 7) is 2.07. The van der Waals surface area contributed by atoms with E-state index >= 15 is 0 Å². The van der Waals surface area contributed by atoms with Crippen LogP contribution in [0.2, 0.25) is 0 Å². The van der Waals surface area contributed by atoms with Gasteiger partial charge in [-0.3, -0.25) is 9.59 Å². The zero-order valence-corrected chi connectivity index (χ0v) is 10.6. The molecule has 1 rings (SSSR count). The summed E-state index contributed by atoms with van der Waals surface area (Å²) in [5, 5.41) is 4.04. The van der Waals surface area contributed by atoms with Gasteiger partial charge in [0.25, 0.3) is 5.91 Å². The summed E-state index contributed by atoms with van der Waals surface area (Å²) in [6, 6.07) is 0. The number of esters is 1. The van der Waals surface area contributed by atoms with Crippen LogP contribution in [0, 0.1) is 0 Å². The molecular formula is C10H13N3O4S. The number of amides is 2. The van der Waals surface area contributed by atoms with Crippen LogP contribution < -0.4 is 11.1 Å². The Morgan fingerprint density at radius 1 is 1.50 bits per heavy atom. The van der Waals surface area contributed by atoms with E-state index in [0.717, 1.165) is 11.3 Å². The minimum atomic E-state index is -0.557. The van der Waals surface area contributed by atoms with Gasteiger partial charge in [-0.15, -0.1) is 11.3 Å². The predicted molar refractivity (Wildman–Crippen MR) is 64.2 cm³/mol. The summed E-state index contributed by atoms with van der Waals surface area (Å²) >= 11 is 1.03. The van der Waals surface area contributed by atoms with Gasteiger partial charge in [-0.1, -0.05) is 0 Å². The molecule has 0 bridgehead atoms. The van der Waals surface area contributed by atoms with Crippen molar-refractivity contribution in [1.29, 1.82) is 0 Å². The number of nitrogens with one attached hydrogen (secondary N) is 1. The number of carbonyl (C=O) groups is 3. The molecule has 0 aliphatic rings. The molecule has 3 N–H and O–H groups in total. The van der Waals surface area contributed by atoms with Gasteiger partial charge in [0, 0.05) is 18.3 Å². The lowest BCUT2D eigenvalue weighted by molar-refractivity contribution is -0.117. The molecule has 1 heterocycles. The third-order valence-corrected chi connectivity index (χ3v) is 2.67. The molecule has 98 valence electrons. The summed E-state index contributed by atoms with van der Waals surface area (Å²) in [7, 11) is 0. The minimum Gasteiger partial charge on any atom is -0.461 e. The summed E-state index contributed by atoms with van der Waals surface area (Å²) in [4.78, 5) is 37.2. The molecule has 0 saturated carbocycles. The maximum absolute atomic E-state index is 11.5. The van der Waals surface area contributed by atoms with Crippen LogP contribution in [0.25, 0.3) is 0 Å². The van der Waals surface area contributed by atoms with Crippen molar-refractivity contribution in [1.82, 2.24) is 10.3 Å². The van der Waals surface area contributed by atoms with Crippen LogP contribution in [0.3, 0.4) is 0 Å². The number of nitrogens with two attached hydrogens (primary N) is 1. The van der Waals surface area contributed by atoms with Crippen LogP contribution in [-0.2, 0) is 9.53 Å². The average molecular weight is 271 g/mol. The zero-order chi connectivity index (χ0) is 13.5. The summed E-state index contributed by atoms with van der Waals surface area (Å²) in [5.41, 5.74) is 5.05. The van der Waals surface area contributed by atoms with Crippen molar-refractivity contribution in [2.24, 2.45) is 5.73 Å². The van der Waals surface area contributed by atoms with Crippen molar-refractivity contribution in [3.8, 4) is 0 Å². The lowest BCUT2D eigenvalue weighted by atomic mass is 10.4. The highest BCUT2D eigenvalue weighted by atomic mass is 32.1. The Labute approximate surface area is 107 Å². The zero-order valence-electron chi connectivity index (χ0n) is 9.76. The molecule has 18 heavy (non-hydrogen) atoms. The van der Waals surface area contributed by atoms with E-state index in [9.17, 15) is 14.4 Å². The first kappa shape index (κ1) is 14.1. The number of nitrogens with zero attached hydrogens (tertiary/aromatic N) is 1. The normalized spacial score (nSPS) is 9.83. The second kappa shape index (κ2) is 6.70. The first-order valence-corrected chi connectivity index (χ1v) is 6.11. The molecule has 1 aromatic rings. The number of thiazole rings is 1. The molecular weight excluding hydrogens is 258 g/mol. The number of hydrogen-bond acceptors (Lipinski definition) is 6. The SMILES string of the molecule is CCOC(=O)c1nc(C(=O)NCCC(N)=O)cs1. The lowest BCUT2D eigenvalue weighted by Gasteiger charge is -2.00. The fourth-order valence-corrected chi connectivity index (χ4v) is 1.74. The smallest absolute Gasteiger partial charge is 0.367 e. The highest BCUT2D eigenvalue weighted by Gasteiger charge is 2.15. The van der Waals surface area contributed by atoms with E-state index in [0.29, 0.717) is 0 Å². The van der Waals surface area contributed by atoms with E-state index < -0.39 is 17.8 Å². The number of hydrogen-bond donors (Lipinski definition) is 2. The van der Waals surface area contributed by atoms with E-state index in [2.05, 4.69) is 10.3 Å². The Morgan fingerprint density at radius 2 is 2.22 bits per heavy atom. The van der Waals surface area contributed by atoms with Crippen LogP contribution in [0.15, 0.2) is 5.38 Å². The van der Waals surface area contributed by atoms with Gasteiger partial charge in [0.1, 0.15) is 5.69 Å². The van der Waals surface area contributed by atoms with Gasteiger partial charge in [0.05, 0.1) is 6.61 Å². The summed E-state index contributed by atoms with van der Waals surface area (Å²) in [6.07, 6.45) is 0.0562. The molecule has 0 unspecified atom stereocenters. The minimum absolute atomic E-state index is 0.0562. The maximum atomic E-state index is 11.5. The van der Waals surface area contributed by atoms with Gasteiger partial charge in [-0.25, -0.2) is 9.78 Å². The van der Waals surface area contributed by atoms with Crippen molar-refractivity contribution < 1.29 is 19.1 Å². The van der Waals surface area contributed by atoms with Crippen molar-refractivity contribution in [3.05, 3.63) is 16.1 Å². The van der Waals surface area contributed by atoms with Crippen molar-refractivity contribution >= 4 is 29.1 Å². The Morgan fingerprint density at radius 3 is 2.83 bits per heavy atom. The molecule has 0 saturated heterocycles. The largest absolute Gasteiger partial charge is 0.461 e. The standard InChI is InChI=1S/C10H13N3O4S/c1-2-17-10(16)9-13-6(5-18-9)8(15)12-4-3-7(11)14/h5H,2-4H2,1H3,(H2,11,14)(H,12,15). The maximum Gasteiger partial charge on any atom is 0.367 e. The Bertz CT molecular complexity index is 458. The highest BCUT2D eigenvalue weighted by Crippen LogP contribution is 2.11. The molecule has 0 spiro atoms. The number of carbonyl (C=O) groups excluding carboxylic acids is 3. The summed E-state index contributed by atoms with van der Waals surface area (Å²) < 4.78 is 4.75. The molecule has 0 aliphatic carbocycles. The third kappa shape index (κ3) is 4.13. The summed E-state index contributed by atoms with van der Waals surface area (Å²) in [5.74, 6) is -1.51. The Balaban J connectivity index is 2.54. The van der Waals surface area contributed by atoms with Crippen LogP contribution in [0.5, 0.6) is 0 Å². The molecule has 1 aromatic heterocycles. The van der Waals surface area contributed by atoms with E-state index in [1.165, 1.54) is 5.38 Å².